The number of nitrogens with zero attached hydrogens (tertiary/aromatic N) is 5. The Kier molecular flexibility index (Phi) is 3.08. The van der Waals surface area contributed by atoms with Gasteiger partial charge < -0.3 is 13.5 Å². The molecule has 8 heteroatoms. The van der Waals surface area contributed by atoms with Crippen LogP contribution in [0.2, 0.25) is 0 Å². The Morgan fingerprint density at radius 1 is 1.37 bits per heavy atom. The lowest BCUT2D eigenvalue weighted by molar-refractivity contribution is 0.387. The SMILES string of the molecule is Cc1noc(CSc2nnc(-c3ccco3)n2C)n1. The van der Waals surface area contributed by atoms with Gasteiger partial charge in [-0.15, -0.1) is 10.2 Å². The van der Waals surface area contributed by atoms with Crippen molar-refractivity contribution in [3.63, 3.8) is 0 Å². The minimum atomic E-state index is 0.560. The van der Waals surface area contributed by atoms with Crippen LogP contribution in [0.1, 0.15) is 11.7 Å². The summed E-state index contributed by atoms with van der Waals surface area (Å²) in [6, 6.07) is 3.66. The van der Waals surface area contributed by atoms with E-state index in [1.165, 1.54) is 11.8 Å². The topological polar surface area (TPSA) is 82.8 Å². The van der Waals surface area contributed by atoms with Gasteiger partial charge in [0, 0.05) is 7.05 Å². The number of thioether (sulfide) groups is 1. The third-order valence-electron chi connectivity index (χ3n) is 2.47. The number of aromatic nitrogens is 5. The van der Waals surface area contributed by atoms with E-state index in [1.54, 1.807) is 13.2 Å². The van der Waals surface area contributed by atoms with Gasteiger partial charge in [0.1, 0.15) is 0 Å². The van der Waals surface area contributed by atoms with Crippen LogP contribution in [-0.2, 0) is 12.8 Å². The molecular formula is C11H11N5O2S. The van der Waals surface area contributed by atoms with Crippen LogP contribution in [-0.4, -0.2) is 24.9 Å². The monoisotopic (exact) mass is 277 g/mol. The summed E-state index contributed by atoms with van der Waals surface area (Å²) in [5, 5.41) is 12.7. The van der Waals surface area contributed by atoms with E-state index in [2.05, 4.69) is 20.3 Å². The first kappa shape index (κ1) is 12.0. The largest absolute Gasteiger partial charge is 0.461 e. The van der Waals surface area contributed by atoms with E-state index in [9.17, 15) is 0 Å². The van der Waals surface area contributed by atoms with E-state index in [0.717, 1.165) is 5.16 Å². The number of rotatable bonds is 4. The highest BCUT2D eigenvalue weighted by Crippen LogP contribution is 2.24. The molecule has 0 N–H and O–H groups in total. The third-order valence-corrected chi connectivity index (χ3v) is 3.48. The zero-order chi connectivity index (χ0) is 13.2. The molecule has 0 aliphatic heterocycles. The van der Waals surface area contributed by atoms with Crippen molar-refractivity contribution >= 4 is 11.8 Å². The molecule has 3 rings (SSSR count). The molecule has 19 heavy (non-hydrogen) atoms. The molecule has 0 bridgehead atoms. The van der Waals surface area contributed by atoms with Gasteiger partial charge in [0.05, 0.1) is 12.0 Å². The van der Waals surface area contributed by atoms with Crippen LogP contribution in [0.4, 0.5) is 0 Å². The summed E-state index contributed by atoms with van der Waals surface area (Å²) in [4.78, 5) is 4.14. The standard InChI is InChI=1S/C11H11N5O2S/c1-7-12-9(18-15-7)6-19-11-14-13-10(16(11)2)8-4-3-5-17-8/h3-5H,6H2,1-2H3. The number of hydrogen-bond acceptors (Lipinski definition) is 7. The molecule has 3 heterocycles. The van der Waals surface area contributed by atoms with Gasteiger partial charge in [0.2, 0.25) is 5.89 Å². The normalized spacial score (nSPS) is 11.1. The zero-order valence-corrected chi connectivity index (χ0v) is 11.2. The quantitative estimate of drug-likeness (QED) is 0.675. The van der Waals surface area contributed by atoms with Gasteiger partial charge in [-0.3, -0.25) is 0 Å². The first-order chi connectivity index (χ1) is 9.24. The average molecular weight is 277 g/mol. The van der Waals surface area contributed by atoms with Crippen molar-refractivity contribution < 1.29 is 8.94 Å². The van der Waals surface area contributed by atoms with E-state index in [1.807, 2.05) is 23.7 Å². The van der Waals surface area contributed by atoms with Crippen molar-refractivity contribution in [3.05, 3.63) is 30.1 Å². The maximum absolute atomic E-state index is 5.31. The molecule has 3 aromatic heterocycles. The van der Waals surface area contributed by atoms with E-state index in [-0.39, 0.29) is 0 Å². The molecule has 0 spiro atoms. The summed E-state index contributed by atoms with van der Waals surface area (Å²) >= 11 is 1.48. The molecule has 0 aromatic carbocycles. The second kappa shape index (κ2) is 4.88. The van der Waals surface area contributed by atoms with Gasteiger partial charge in [-0.2, -0.15) is 4.98 Å². The number of aryl methyl sites for hydroxylation is 1. The third kappa shape index (κ3) is 2.39. The fourth-order valence-electron chi connectivity index (χ4n) is 1.59. The summed E-state index contributed by atoms with van der Waals surface area (Å²) in [5.74, 6) is 3.14. The van der Waals surface area contributed by atoms with E-state index < -0.39 is 0 Å². The molecule has 0 saturated carbocycles. The summed E-state index contributed by atoms with van der Waals surface area (Å²) in [6.07, 6.45) is 1.61. The Balaban J connectivity index is 1.75. The van der Waals surface area contributed by atoms with Crippen LogP contribution in [0, 0.1) is 6.92 Å². The van der Waals surface area contributed by atoms with Crippen LogP contribution < -0.4 is 0 Å². The molecule has 0 radical (unpaired) electrons. The Labute approximate surface area is 113 Å². The predicted molar refractivity (Wildman–Crippen MR) is 67.3 cm³/mol. The van der Waals surface area contributed by atoms with Crippen LogP contribution >= 0.6 is 11.8 Å². The van der Waals surface area contributed by atoms with Gasteiger partial charge in [-0.25, -0.2) is 0 Å². The minimum Gasteiger partial charge on any atom is -0.461 e. The maximum Gasteiger partial charge on any atom is 0.237 e. The first-order valence-corrected chi connectivity index (χ1v) is 6.58. The Morgan fingerprint density at radius 2 is 2.26 bits per heavy atom. The molecule has 0 atom stereocenters. The average Bonchev–Trinajstić information content (AvgIpc) is 3.09. The van der Waals surface area contributed by atoms with Crippen molar-refractivity contribution in [1.29, 1.82) is 0 Å². The number of furan rings is 1. The number of hydrogen-bond donors (Lipinski definition) is 0. The van der Waals surface area contributed by atoms with Gasteiger partial charge >= 0.3 is 0 Å². The molecule has 98 valence electrons. The second-order valence-electron chi connectivity index (χ2n) is 3.87. The maximum atomic E-state index is 5.31. The van der Waals surface area contributed by atoms with Gasteiger partial charge in [0.25, 0.3) is 0 Å². The fourth-order valence-corrected chi connectivity index (χ4v) is 2.33. The fraction of sp³-hybridized carbons (Fsp3) is 0.273. The van der Waals surface area contributed by atoms with Gasteiger partial charge in [-0.1, -0.05) is 16.9 Å². The van der Waals surface area contributed by atoms with Crippen molar-refractivity contribution in [2.75, 3.05) is 0 Å². The summed E-state index contributed by atoms with van der Waals surface area (Å²) in [6.45, 7) is 1.79. The Morgan fingerprint density at radius 3 is 2.95 bits per heavy atom. The van der Waals surface area contributed by atoms with Crippen LogP contribution in [0.5, 0.6) is 0 Å². The summed E-state index contributed by atoms with van der Waals surface area (Å²) in [7, 11) is 1.89. The van der Waals surface area contributed by atoms with Crippen molar-refractivity contribution in [1.82, 2.24) is 24.9 Å². The lowest BCUT2D eigenvalue weighted by Crippen LogP contribution is -1.94. The van der Waals surface area contributed by atoms with Gasteiger partial charge in [-0.05, 0) is 19.1 Å². The summed E-state index contributed by atoms with van der Waals surface area (Å²) < 4.78 is 12.2. The molecule has 7 nitrogen and oxygen atoms in total. The van der Waals surface area contributed by atoms with Gasteiger partial charge in [0.15, 0.2) is 22.6 Å². The smallest absolute Gasteiger partial charge is 0.237 e. The van der Waals surface area contributed by atoms with E-state index in [0.29, 0.717) is 29.1 Å². The first-order valence-electron chi connectivity index (χ1n) is 5.59. The highest BCUT2D eigenvalue weighted by Gasteiger charge is 2.14. The zero-order valence-electron chi connectivity index (χ0n) is 10.4. The van der Waals surface area contributed by atoms with Crippen LogP contribution in [0.3, 0.4) is 0 Å². The highest BCUT2D eigenvalue weighted by molar-refractivity contribution is 7.98. The molecule has 0 aliphatic carbocycles. The van der Waals surface area contributed by atoms with Crippen molar-refractivity contribution in [3.8, 4) is 11.6 Å². The lowest BCUT2D eigenvalue weighted by Gasteiger charge is -1.99. The molecule has 0 aliphatic rings. The Bertz CT molecular complexity index is 673. The summed E-state index contributed by atoms with van der Waals surface area (Å²) in [5.41, 5.74) is 0. The van der Waals surface area contributed by atoms with Crippen molar-refractivity contribution in [2.45, 2.75) is 17.8 Å². The van der Waals surface area contributed by atoms with E-state index in [4.69, 9.17) is 8.94 Å². The van der Waals surface area contributed by atoms with Crippen molar-refractivity contribution in [2.24, 2.45) is 7.05 Å². The van der Waals surface area contributed by atoms with Crippen LogP contribution in [0.25, 0.3) is 11.6 Å². The molecule has 0 fully saturated rings. The molecule has 0 saturated heterocycles. The van der Waals surface area contributed by atoms with E-state index >= 15 is 0 Å². The molecule has 0 amide bonds. The Hall–Kier alpha value is -2.09. The minimum absolute atomic E-state index is 0.560. The second-order valence-corrected chi connectivity index (χ2v) is 4.81. The molecule has 0 unspecified atom stereocenters. The molecular weight excluding hydrogens is 266 g/mol. The molecule has 3 aromatic rings. The highest BCUT2D eigenvalue weighted by atomic mass is 32.2. The predicted octanol–water partition coefficient (Wildman–Crippen LogP) is 2.06. The lowest BCUT2D eigenvalue weighted by atomic mass is 10.4. The van der Waals surface area contributed by atoms with Crippen LogP contribution in [0.15, 0.2) is 32.5 Å².